The molecular formula is C19H22F2N4OS. The smallest absolute Gasteiger partial charge is 0.290 e. The highest BCUT2D eigenvalue weighted by Gasteiger charge is 2.44. The molecule has 1 saturated heterocycles. The lowest BCUT2D eigenvalue weighted by Crippen LogP contribution is -2.51. The number of rotatable bonds is 5. The van der Waals surface area contributed by atoms with Crippen LogP contribution in [0.2, 0.25) is 0 Å². The van der Waals surface area contributed by atoms with Crippen LogP contribution >= 0.6 is 11.9 Å². The summed E-state index contributed by atoms with van der Waals surface area (Å²) in [5.74, 6) is -2.65. The Balaban J connectivity index is 1.77. The van der Waals surface area contributed by atoms with Crippen LogP contribution in [-0.4, -0.2) is 51.9 Å². The van der Waals surface area contributed by atoms with Crippen molar-refractivity contribution in [2.45, 2.75) is 31.4 Å². The molecule has 0 saturated carbocycles. The molecule has 0 atom stereocenters. The summed E-state index contributed by atoms with van der Waals surface area (Å²) in [4.78, 5) is 10.5. The van der Waals surface area contributed by atoms with Crippen LogP contribution in [0.25, 0.3) is 11.3 Å². The van der Waals surface area contributed by atoms with Crippen molar-refractivity contribution >= 4 is 17.9 Å². The van der Waals surface area contributed by atoms with Crippen molar-refractivity contribution in [3.8, 4) is 11.3 Å². The fourth-order valence-corrected chi connectivity index (χ4v) is 3.83. The first-order chi connectivity index (χ1) is 12.9. The first kappa shape index (κ1) is 18.6. The van der Waals surface area contributed by atoms with Crippen LogP contribution in [0.4, 0.5) is 14.7 Å². The van der Waals surface area contributed by atoms with Gasteiger partial charge in [0.1, 0.15) is 5.69 Å². The van der Waals surface area contributed by atoms with Crippen molar-refractivity contribution < 1.29 is 13.9 Å². The van der Waals surface area contributed by atoms with E-state index in [0.29, 0.717) is 24.3 Å². The first-order valence-corrected chi connectivity index (χ1v) is 10.1. The van der Waals surface area contributed by atoms with E-state index in [-0.39, 0.29) is 24.5 Å². The number of halogens is 2. The second kappa shape index (κ2) is 7.00. The summed E-state index contributed by atoms with van der Waals surface area (Å²) in [5.41, 5.74) is 2.90. The quantitative estimate of drug-likeness (QED) is 0.790. The van der Waals surface area contributed by atoms with Gasteiger partial charge in [-0.2, -0.15) is 8.78 Å². The van der Waals surface area contributed by atoms with E-state index in [2.05, 4.69) is 14.3 Å². The molecule has 144 valence electrons. The fourth-order valence-electron chi connectivity index (χ4n) is 3.55. The molecule has 0 bridgehead atoms. The molecule has 8 heteroatoms. The third-order valence-electron chi connectivity index (χ3n) is 5.09. The minimum Gasteiger partial charge on any atom is -0.389 e. The van der Waals surface area contributed by atoms with Gasteiger partial charge in [-0.25, -0.2) is 14.3 Å². The number of alkyl halides is 2. The Labute approximate surface area is 161 Å². The number of nitrogens with zero attached hydrogens (tertiary/aromatic N) is 4. The average Bonchev–Trinajstić information content (AvgIpc) is 2.93. The van der Waals surface area contributed by atoms with Crippen molar-refractivity contribution in [3.05, 3.63) is 41.1 Å². The number of β-amino-alcohol motifs (C(OH)–C–C–N with tert-alkyl or cyclic N) is 1. The van der Waals surface area contributed by atoms with Gasteiger partial charge in [-0.05, 0) is 31.4 Å². The molecule has 4 rings (SSSR count). The molecule has 1 aromatic heterocycles. The standard InChI is InChI=1S/C19H22F2N4OS/c1-24(27-2)9-12-4-3-5-13(8-12)16-15-6-7-19(20,21)17(15)23-18(22-16)25-10-14(26)11-25/h3-5,8,14,26H,6-7,9-11H2,1-2H3. The van der Waals surface area contributed by atoms with Gasteiger partial charge >= 0.3 is 0 Å². The maximum absolute atomic E-state index is 14.4. The molecule has 27 heavy (non-hydrogen) atoms. The molecule has 5 nitrogen and oxygen atoms in total. The van der Waals surface area contributed by atoms with Crippen LogP contribution in [0, 0.1) is 0 Å². The minimum absolute atomic E-state index is 0.157. The summed E-state index contributed by atoms with van der Waals surface area (Å²) < 4.78 is 30.9. The van der Waals surface area contributed by atoms with Gasteiger partial charge in [-0.15, -0.1) is 0 Å². The number of benzene rings is 1. The van der Waals surface area contributed by atoms with E-state index in [1.165, 1.54) is 0 Å². The fraction of sp³-hybridized carbons (Fsp3) is 0.474. The molecule has 0 amide bonds. The Morgan fingerprint density at radius 2 is 2.11 bits per heavy atom. The van der Waals surface area contributed by atoms with E-state index in [4.69, 9.17) is 0 Å². The number of aliphatic hydroxyl groups excluding tert-OH is 1. The number of aliphatic hydroxyl groups is 1. The highest BCUT2D eigenvalue weighted by molar-refractivity contribution is 7.96. The van der Waals surface area contributed by atoms with Crippen LogP contribution in [0.1, 0.15) is 23.2 Å². The second-order valence-electron chi connectivity index (χ2n) is 7.13. The molecule has 1 aromatic carbocycles. The molecule has 0 unspecified atom stereocenters. The summed E-state index contributed by atoms with van der Waals surface area (Å²) in [6.45, 7) is 1.51. The molecule has 1 aliphatic heterocycles. The maximum atomic E-state index is 14.4. The summed E-state index contributed by atoms with van der Waals surface area (Å²) in [7, 11) is 2.01. The van der Waals surface area contributed by atoms with Crippen molar-refractivity contribution in [1.82, 2.24) is 14.3 Å². The molecule has 0 spiro atoms. The van der Waals surface area contributed by atoms with Crippen molar-refractivity contribution in [1.29, 1.82) is 0 Å². The monoisotopic (exact) mass is 392 g/mol. The van der Waals surface area contributed by atoms with Gasteiger partial charge in [0.2, 0.25) is 5.95 Å². The predicted octanol–water partition coefficient (Wildman–Crippen LogP) is 3.07. The molecule has 1 aliphatic carbocycles. The van der Waals surface area contributed by atoms with Crippen LogP contribution in [-0.2, 0) is 18.9 Å². The third kappa shape index (κ3) is 3.53. The number of fused-ring (bicyclic) bond motifs is 1. The van der Waals surface area contributed by atoms with Crippen LogP contribution in [0.5, 0.6) is 0 Å². The van der Waals surface area contributed by atoms with E-state index in [0.717, 1.165) is 17.7 Å². The third-order valence-corrected chi connectivity index (χ3v) is 5.85. The molecule has 2 heterocycles. The summed E-state index contributed by atoms with van der Waals surface area (Å²) >= 11 is 1.64. The van der Waals surface area contributed by atoms with E-state index < -0.39 is 12.0 Å². The Kier molecular flexibility index (Phi) is 4.82. The van der Waals surface area contributed by atoms with Crippen molar-refractivity contribution in [2.24, 2.45) is 0 Å². The zero-order valence-electron chi connectivity index (χ0n) is 15.3. The lowest BCUT2D eigenvalue weighted by atomic mass is 10.0. The van der Waals surface area contributed by atoms with Gasteiger partial charge in [0.15, 0.2) is 0 Å². The minimum atomic E-state index is -2.93. The summed E-state index contributed by atoms with van der Waals surface area (Å²) in [6, 6.07) is 7.89. The lowest BCUT2D eigenvalue weighted by molar-refractivity contribution is -0.00596. The van der Waals surface area contributed by atoms with Crippen molar-refractivity contribution in [2.75, 3.05) is 31.3 Å². The van der Waals surface area contributed by atoms with Gasteiger partial charge < -0.3 is 10.0 Å². The Hall–Kier alpha value is -1.77. The Morgan fingerprint density at radius 3 is 2.81 bits per heavy atom. The van der Waals surface area contributed by atoms with Gasteiger partial charge in [0, 0.05) is 37.2 Å². The molecular weight excluding hydrogens is 370 g/mol. The van der Waals surface area contributed by atoms with E-state index >= 15 is 0 Å². The van der Waals surface area contributed by atoms with Gasteiger partial charge in [-0.3, -0.25) is 0 Å². The number of hydrogen-bond donors (Lipinski definition) is 1. The topological polar surface area (TPSA) is 52.5 Å². The van der Waals surface area contributed by atoms with Gasteiger partial charge in [0.05, 0.1) is 11.8 Å². The van der Waals surface area contributed by atoms with Gasteiger partial charge in [-0.1, -0.05) is 30.1 Å². The SMILES string of the molecule is CSN(C)Cc1cccc(-c2nc(N3CC(O)C3)nc3c2CCC3(F)F)c1. The van der Waals surface area contributed by atoms with E-state index in [1.54, 1.807) is 16.8 Å². The Bertz CT molecular complexity index is 858. The maximum Gasteiger partial charge on any atom is 0.290 e. The second-order valence-corrected chi connectivity index (χ2v) is 8.12. The average molecular weight is 392 g/mol. The molecule has 1 N–H and O–H groups in total. The number of anilines is 1. The molecule has 1 fully saturated rings. The number of hydrogen-bond acceptors (Lipinski definition) is 6. The Morgan fingerprint density at radius 1 is 1.33 bits per heavy atom. The van der Waals surface area contributed by atoms with Crippen molar-refractivity contribution in [3.63, 3.8) is 0 Å². The largest absolute Gasteiger partial charge is 0.389 e. The summed E-state index contributed by atoms with van der Waals surface area (Å²) in [6.07, 6.45) is 1.61. The molecule has 2 aromatic rings. The van der Waals surface area contributed by atoms with E-state index in [9.17, 15) is 13.9 Å². The lowest BCUT2D eigenvalue weighted by Gasteiger charge is -2.36. The first-order valence-electron chi connectivity index (χ1n) is 8.94. The van der Waals surface area contributed by atoms with Crippen LogP contribution < -0.4 is 4.90 Å². The predicted molar refractivity (Wildman–Crippen MR) is 103 cm³/mol. The highest BCUT2D eigenvalue weighted by atomic mass is 32.2. The highest BCUT2D eigenvalue weighted by Crippen LogP contribution is 2.44. The van der Waals surface area contributed by atoms with Crippen LogP contribution in [0.15, 0.2) is 24.3 Å². The summed E-state index contributed by atoms with van der Waals surface area (Å²) in [5, 5.41) is 9.55. The zero-order chi connectivity index (χ0) is 19.2. The molecule has 2 aliphatic rings. The number of aromatic nitrogens is 2. The molecule has 0 radical (unpaired) electrons. The zero-order valence-corrected chi connectivity index (χ0v) is 16.1. The normalized spacial score (nSPS) is 18.7. The van der Waals surface area contributed by atoms with Crippen LogP contribution in [0.3, 0.4) is 0 Å². The van der Waals surface area contributed by atoms with E-state index in [1.807, 2.05) is 37.6 Å². The van der Waals surface area contributed by atoms with Gasteiger partial charge in [0.25, 0.3) is 5.92 Å².